The fourth-order valence-corrected chi connectivity index (χ4v) is 2.33. The van der Waals surface area contributed by atoms with Gasteiger partial charge in [0.1, 0.15) is 6.07 Å². The van der Waals surface area contributed by atoms with Crippen LogP contribution in [0.3, 0.4) is 0 Å². The molecule has 16 heavy (non-hydrogen) atoms. The number of nitrogens with two attached hydrogens (primary N) is 1. The van der Waals surface area contributed by atoms with Gasteiger partial charge in [0, 0.05) is 12.8 Å². The Morgan fingerprint density at radius 2 is 2.19 bits per heavy atom. The van der Waals surface area contributed by atoms with Crippen molar-refractivity contribution in [3.05, 3.63) is 0 Å². The summed E-state index contributed by atoms with van der Waals surface area (Å²) in [6, 6.07) is 1.64. The highest BCUT2D eigenvalue weighted by Crippen LogP contribution is 2.28. The molecule has 4 nitrogen and oxygen atoms in total. The first kappa shape index (κ1) is 15.3. The van der Waals surface area contributed by atoms with Crippen LogP contribution in [0.5, 0.6) is 0 Å². The van der Waals surface area contributed by atoms with E-state index in [2.05, 4.69) is 9.71 Å². The first-order valence-corrected chi connectivity index (χ1v) is 6.64. The van der Waals surface area contributed by atoms with Crippen LogP contribution in [0.2, 0.25) is 0 Å². The second-order valence-electron chi connectivity index (χ2n) is 3.71. The number of nitrogens with zero attached hydrogens (tertiary/aromatic N) is 2. The van der Waals surface area contributed by atoms with Crippen molar-refractivity contribution in [3.63, 3.8) is 0 Å². The van der Waals surface area contributed by atoms with Gasteiger partial charge in [-0.05, 0) is 19.4 Å². The molecule has 1 fully saturated rings. The third kappa shape index (κ3) is 8.57. The summed E-state index contributed by atoms with van der Waals surface area (Å²) in [7, 11) is 3.47. The van der Waals surface area contributed by atoms with Crippen LogP contribution in [-0.4, -0.2) is 25.7 Å². The van der Waals surface area contributed by atoms with Crippen LogP contribution in [0.25, 0.3) is 0 Å². The Kier molecular flexibility index (Phi) is 10.3. The van der Waals surface area contributed by atoms with E-state index in [1.54, 1.807) is 6.07 Å². The van der Waals surface area contributed by atoms with Crippen LogP contribution in [0, 0.1) is 17.2 Å². The molecule has 0 radical (unpaired) electrons. The molecular weight excluding hydrogens is 220 g/mol. The minimum absolute atomic E-state index is 0.0231. The SMILES string of the molecule is CN=C(N)C#N.CNSCCC1CCCC1. The Balaban J connectivity index is 0.000000325. The molecule has 0 amide bonds. The van der Waals surface area contributed by atoms with E-state index in [4.69, 9.17) is 11.0 Å². The third-order valence-electron chi connectivity index (χ3n) is 2.60. The first-order chi connectivity index (χ1) is 7.74. The van der Waals surface area contributed by atoms with Crippen molar-refractivity contribution in [1.29, 1.82) is 5.26 Å². The topological polar surface area (TPSA) is 74.2 Å². The second kappa shape index (κ2) is 10.8. The van der Waals surface area contributed by atoms with Gasteiger partial charge in [0.05, 0.1) is 0 Å². The Morgan fingerprint density at radius 1 is 1.56 bits per heavy atom. The van der Waals surface area contributed by atoms with Crippen LogP contribution in [-0.2, 0) is 0 Å². The van der Waals surface area contributed by atoms with Crippen LogP contribution >= 0.6 is 11.9 Å². The summed E-state index contributed by atoms with van der Waals surface area (Å²) >= 11 is 1.84. The second-order valence-corrected chi connectivity index (χ2v) is 4.82. The van der Waals surface area contributed by atoms with E-state index in [0.717, 1.165) is 5.92 Å². The van der Waals surface area contributed by atoms with Crippen molar-refractivity contribution in [2.75, 3.05) is 19.8 Å². The quantitative estimate of drug-likeness (QED) is 0.342. The third-order valence-corrected chi connectivity index (χ3v) is 3.33. The normalized spacial score (nSPS) is 16.4. The summed E-state index contributed by atoms with van der Waals surface area (Å²) < 4.78 is 3.11. The smallest absolute Gasteiger partial charge is 0.198 e. The van der Waals surface area contributed by atoms with E-state index >= 15 is 0 Å². The summed E-state index contributed by atoms with van der Waals surface area (Å²) in [5.74, 6) is 2.37. The number of hydrogen-bond acceptors (Lipinski definition) is 4. The highest BCUT2D eigenvalue weighted by molar-refractivity contribution is 7.97. The molecular formula is C11H22N4S. The van der Waals surface area contributed by atoms with Gasteiger partial charge in [0.25, 0.3) is 0 Å². The molecule has 0 atom stereocenters. The molecule has 0 aliphatic heterocycles. The van der Waals surface area contributed by atoms with Gasteiger partial charge in [0.15, 0.2) is 5.84 Å². The van der Waals surface area contributed by atoms with E-state index in [0.29, 0.717) is 0 Å². The molecule has 0 bridgehead atoms. The molecule has 0 heterocycles. The van der Waals surface area contributed by atoms with Crippen molar-refractivity contribution in [2.24, 2.45) is 16.6 Å². The fraction of sp³-hybridized carbons (Fsp3) is 0.818. The molecule has 5 heteroatoms. The maximum absolute atomic E-state index is 7.83. The van der Waals surface area contributed by atoms with Crippen LogP contribution in [0.1, 0.15) is 32.1 Å². The van der Waals surface area contributed by atoms with E-state index in [1.807, 2.05) is 19.0 Å². The Labute approximate surface area is 103 Å². The van der Waals surface area contributed by atoms with Crippen LogP contribution < -0.4 is 10.5 Å². The van der Waals surface area contributed by atoms with Crippen LogP contribution in [0.15, 0.2) is 4.99 Å². The van der Waals surface area contributed by atoms with Gasteiger partial charge >= 0.3 is 0 Å². The van der Waals surface area contributed by atoms with Crippen LogP contribution in [0.4, 0.5) is 0 Å². The first-order valence-electron chi connectivity index (χ1n) is 5.65. The lowest BCUT2D eigenvalue weighted by molar-refractivity contribution is 0.535. The number of amidine groups is 1. The number of hydrogen-bond donors (Lipinski definition) is 2. The Bertz CT molecular complexity index is 229. The van der Waals surface area contributed by atoms with Gasteiger partial charge in [-0.1, -0.05) is 37.6 Å². The van der Waals surface area contributed by atoms with Gasteiger partial charge < -0.3 is 5.73 Å². The molecule has 1 rings (SSSR count). The van der Waals surface area contributed by atoms with E-state index in [1.165, 1.54) is 44.9 Å². The van der Waals surface area contributed by atoms with E-state index in [9.17, 15) is 0 Å². The predicted octanol–water partition coefficient (Wildman–Crippen LogP) is 1.93. The van der Waals surface area contributed by atoms with Crippen molar-refractivity contribution < 1.29 is 0 Å². The predicted molar refractivity (Wildman–Crippen MR) is 71.3 cm³/mol. The summed E-state index contributed by atoms with van der Waals surface area (Å²) in [4.78, 5) is 3.34. The molecule has 0 aromatic rings. The minimum atomic E-state index is 0.0231. The summed E-state index contributed by atoms with van der Waals surface area (Å²) in [6.07, 6.45) is 7.36. The Hall–Kier alpha value is -0.730. The summed E-state index contributed by atoms with van der Waals surface area (Å²) in [5.41, 5.74) is 4.86. The molecule has 1 aliphatic carbocycles. The summed E-state index contributed by atoms with van der Waals surface area (Å²) in [5, 5.41) is 7.83. The highest BCUT2D eigenvalue weighted by Gasteiger charge is 2.13. The fourth-order valence-electron chi connectivity index (χ4n) is 1.68. The lowest BCUT2D eigenvalue weighted by Crippen LogP contribution is -2.06. The average Bonchev–Trinajstić information content (AvgIpc) is 2.82. The average molecular weight is 242 g/mol. The molecule has 0 saturated heterocycles. The molecule has 1 aliphatic rings. The zero-order chi connectivity index (χ0) is 12.2. The van der Waals surface area contributed by atoms with Gasteiger partial charge in [-0.25, -0.2) is 0 Å². The minimum Gasteiger partial charge on any atom is -0.375 e. The lowest BCUT2D eigenvalue weighted by Gasteiger charge is -2.06. The van der Waals surface area contributed by atoms with E-state index < -0.39 is 0 Å². The molecule has 1 saturated carbocycles. The van der Waals surface area contributed by atoms with Crippen molar-refractivity contribution in [2.45, 2.75) is 32.1 Å². The van der Waals surface area contributed by atoms with Crippen molar-refractivity contribution >= 4 is 17.8 Å². The van der Waals surface area contributed by atoms with E-state index in [-0.39, 0.29) is 5.84 Å². The summed E-state index contributed by atoms with van der Waals surface area (Å²) in [6.45, 7) is 0. The standard InChI is InChI=1S/C8H17NS.C3H5N3/c1-9-10-7-6-8-4-2-3-5-8;1-6-3(5)2-4/h8-9H,2-7H2,1H3;1H3,(H2,5,6). The van der Waals surface area contributed by atoms with Gasteiger partial charge in [-0.15, -0.1) is 0 Å². The number of aliphatic imine (C=N–C) groups is 1. The molecule has 3 N–H and O–H groups in total. The van der Waals surface area contributed by atoms with Gasteiger partial charge in [0.2, 0.25) is 0 Å². The zero-order valence-electron chi connectivity index (χ0n) is 10.2. The largest absolute Gasteiger partial charge is 0.375 e. The maximum atomic E-state index is 7.83. The van der Waals surface area contributed by atoms with Gasteiger partial charge in [-0.2, -0.15) is 5.26 Å². The lowest BCUT2D eigenvalue weighted by atomic mass is 10.1. The number of nitriles is 1. The molecule has 0 unspecified atom stereocenters. The zero-order valence-corrected chi connectivity index (χ0v) is 11.0. The number of rotatable bonds is 4. The monoisotopic (exact) mass is 242 g/mol. The van der Waals surface area contributed by atoms with Gasteiger partial charge in [-0.3, -0.25) is 9.71 Å². The highest BCUT2D eigenvalue weighted by atomic mass is 32.2. The molecule has 0 aromatic heterocycles. The Morgan fingerprint density at radius 3 is 2.56 bits per heavy atom. The molecule has 0 aromatic carbocycles. The number of nitrogens with one attached hydrogen (secondary N) is 1. The van der Waals surface area contributed by atoms with Crippen molar-refractivity contribution in [3.8, 4) is 6.07 Å². The molecule has 92 valence electrons. The molecule has 0 spiro atoms. The van der Waals surface area contributed by atoms with Crippen molar-refractivity contribution in [1.82, 2.24) is 4.72 Å². The maximum Gasteiger partial charge on any atom is 0.198 e.